The highest BCUT2D eigenvalue weighted by Crippen LogP contribution is 2.29. The van der Waals surface area contributed by atoms with Crippen molar-refractivity contribution in [2.75, 3.05) is 13.1 Å². The molecule has 0 radical (unpaired) electrons. The van der Waals surface area contributed by atoms with E-state index >= 15 is 0 Å². The van der Waals surface area contributed by atoms with Gasteiger partial charge in [0.05, 0.1) is 14.8 Å². The molecule has 0 spiro atoms. The summed E-state index contributed by atoms with van der Waals surface area (Å²) in [5.41, 5.74) is 1.08. The second-order valence-corrected chi connectivity index (χ2v) is 5.80. The molecule has 2 heterocycles. The third-order valence-electron chi connectivity index (χ3n) is 2.22. The molecule has 76 valence electrons. The van der Waals surface area contributed by atoms with E-state index < -0.39 is 0 Å². The molecule has 0 aromatic carbocycles. The molecule has 1 fully saturated rings. The van der Waals surface area contributed by atoms with Gasteiger partial charge in [-0.25, -0.2) is 0 Å². The molecule has 1 amide bonds. The van der Waals surface area contributed by atoms with Crippen molar-refractivity contribution in [1.29, 1.82) is 0 Å². The SMILES string of the molecule is Cc1cc(C(=O)N2CC(O)C2)sc1Br. The summed E-state index contributed by atoms with van der Waals surface area (Å²) < 4.78 is 1.00. The van der Waals surface area contributed by atoms with Crippen LogP contribution in [-0.4, -0.2) is 35.1 Å². The second-order valence-electron chi connectivity index (χ2n) is 3.43. The van der Waals surface area contributed by atoms with Crippen molar-refractivity contribution in [3.63, 3.8) is 0 Å². The molecule has 0 atom stereocenters. The molecule has 0 unspecified atom stereocenters. The fourth-order valence-corrected chi connectivity index (χ4v) is 2.84. The highest BCUT2D eigenvalue weighted by molar-refractivity contribution is 9.11. The van der Waals surface area contributed by atoms with Gasteiger partial charge in [0.25, 0.3) is 5.91 Å². The summed E-state index contributed by atoms with van der Waals surface area (Å²) in [6.07, 6.45) is -0.330. The molecular formula is C9H10BrNO2S. The summed E-state index contributed by atoms with van der Waals surface area (Å²) in [4.78, 5) is 14.1. The average Bonchev–Trinajstić information content (AvgIpc) is 2.41. The van der Waals surface area contributed by atoms with E-state index in [0.717, 1.165) is 14.2 Å². The average molecular weight is 276 g/mol. The number of aliphatic hydroxyl groups excluding tert-OH is 1. The molecule has 5 heteroatoms. The molecule has 14 heavy (non-hydrogen) atoms. The first-order valence-electron chi connectivity index (χ1n) is 4.31. The number of amides is 1. The lowest BCUT2D eigenvalue weighted by molar-refractivity contribution is 0.00622. The van der Waals surface area contributed by atoms with E-state index in [9.17, 15) is 4.79 Å². The number of thiophene rings is 1. The zero-order chi connectivity index (χ0) is 10.3. The number of β-amino-alcohol motifs (C(OH)–C–C–N with tert-alkyl or cyclic N) is 1. The van der Waals surface area contributed by atoms with Crippen LogP contribution in [0, 0.1) is 6.92 Å². The van der Waals surface area contributed by atoms with Crippen LogP contribution in [0.4, 0.5) is 0 Å². The predicted octanol–water partition coefficient (Wildman–Crippen LogP) is 1.64. The van der Waals surface area contributed by atoms with Crippen molar-refractivity contribution in [1.82, 2.24) is 4.90 Å². The summed E-state index contributed by atoms with van der Waals surface area (Å²) >= 11 is 4.83. The lowest BCUT2D eigenvalue weighted by Gasteiger charge is -2.35. The molecule has 1 aromatic heterocycles. The third kappa shape index (κ3) is 1.71. The zero-order valence-corrected chi connectivity index (χ0v) is 10.1. The quantitative estimate of drug-likeness (QED) is 0.847. The Balaban J connectivity index is 2.12. The lowest BCUT2D eigenvalue weighted by atomic mass is 10.1. The van der Waals surface area contributed by atoms with E-state index in [-0.39, 0.29) is 12.0 Å². The Hall–Kier alpha value is -0.390. The predicted molar refractivity (Wildman–Crippen MR) is 58.7 cm³/mol. The molecule has 3 nitrogen and oxygen atoms in total. The van der Waals surface area contributed by atoms with E-state index in [4.69, 9.17) is 5.11 Å². The fourth-order valence-electron chi connectivity index (χ4n) is 1.34. The Morgan fingerprint density at radius 1 is 1.71 bits per heavy atom. The molecule has 1 aliphatic heterocycles. The zero-order valence-electron chi connectivity index (χ0n) is 7.66. The van der Waals surface area contributed by atoms with Crippen LogP contribution in [-0.2, 0) is 0 Å². The van der Waals surface area contributed by atoms with Crippen molar-refractivity contribution in [2.24, 2.45) is 0 Å². The molecule has 0 saturated carbocycles. The normalized spacial score (nSPS) is 16.9. The minimum atomic E-state index is -0.330. The Bertz CT molecular complexity index is 351. The number of hydrogen-bond acceptors (Lipinski definition) is 3. The number of aliphatic hydroxyl groups is 1. The molecule has 0 bridgehead atoms. The molecule has 0 aliphatic carbocycles. The number of likely N-dealkylation sites (tertiary alicyclic amines) is 1. The topological polar surface area (TPSA) is 40.5 Å². The van der Waals surface area contributed by atoms with Crippen LogP contribution in [0.1, 0.15) is 15.2 Å². The number of nitrogens with zero attached hydrogens (tertiary/aromatic N) is 1. The molecule has 1 saturated heterocycles. The van der Waals surface area contributed by atoms with E-state index in [0.29, 0.717) is 13.1 Å². The molecule has 1 N–H and O–H groups in total. The largest absolute Gasteiger partial charge is 0.389 e. The van der Waals surface area contributed by atoms with Crippen LogP contribution in [0.5, 0.6) is 0 Å². The van der Waals surface area contributed by atoms with Gasteiger partial charge in [0, 0.05) is 13.1 Å². The van der Waals surface area contributed by atoms with Gasteiger partial charge in [0.2, 0.25) is 0 Å². The van der Waals surface area contributed by atoms with Gasteiger partial charge in [-0.3, -0.25) is 4.79 Å². The maximum absolute atomic E-state index is 11.7. The number of hydrogen-bond donors (Lipinski definition) is 1. The van der Waals surface area contributed by atoms with Crippen molar-refractivity contribution < 1.29 is 9.90 Å². The Morgan fingerprint density at radius 3 is 2.79 bits per heavy atom. The number of halogens is 1. The van der Waals surface area contributed by atoms with Crippen molar-refractivity contribution >= 4 is 33.2 Å². The van der Waals surface area contributed by atoms with E-state index in [2.05, 4.69) is 15.9 Å². The van der Waals surface area contributed by atoms with E-state index in [1.54, 1.807) is 4.90 Å². The molecule has 2 rings (SSSR count). The first kappa shape index (κ1) is 10.1. The monoisotopic (exact) mass is 275 g/mol. The summed E-state index contributed by atoms with van der Waals surface area (Å²) in [5.74, 6) is 0.0223. The number of carbonyl (C=O) groups excluding carboxylic acids is 1. The van der Waals surface area contributed by atoms with Gasteiger partial charge < -0.3 is 10.0 Å². The van der Waals surface area contributed by atoms with Crippen LogP contribution in [0.15, 0.2) is 9.85 Å². The second kappa shape index (κ2) is 3.64. The first-order valence-corrected chi connectivity index (χ1v) is 5.92. The minimum absolute atomic E-state index is 0.0223. The Labute approximate surface area is 94.5 Å². The number of aryl methyl sites for hydroxylation is 1. The molecular weight excluding hydrogens is 266 g/mol. The first-order chi connectivity index (χ1) is 6.58. The number of rotatable bonds is 1. The Morgan fingerprint density at radius 2 is 2.36 bits per heavy atom. The van der Waals surface area contributed by atoms with Gasteiger partial charge >= 0.3 is 0 Å². The summed E-state index contributed by atoms with van der Waals surface area (Å²) in [6.45, 7) is 2.89. The fraction of sp³-hybridized carbons (Fsp3) is 0.444. The highest BCUT2D eigenvalue weighted by atomic mass is 79.9. The van der Waals surface area contributed by atoms with Crippen LogP contribution >= 0.6 is 27.3 Å². The molecule has 1 aromatic rings. The van der Waals surface area contributed by atoms with E-state index in [1.807, 2.05) is 13.0 Å². The van der Waals surface area contributed by atoms with Crippen molar-refractivity contribution in [3.05, 3.63) is 20.3 Å². The standard InChI is InChI=1S/C9H10BrNO2S/c1-5-2-7(14-8(5)10)9(13)11-3-6(12)4-11/h2,6,12H,3-4H2,1H3. The van der Waals surface area contributed by atoms with Gasteiger partial charge in [-0.2, -0.15) is 0 Å². The van der Waals surface area contributed by atoms with Gasteiger partial charge in [0.15, 0.2) is 0 Å². The smallest absolute Gasteiger partial charge is 0.264 e. The van der Waals surface area contributed by atoms with Crippen molar-refractivity contribution in [2.45, 2.75) is 13.0 Å². The van der Waals surface area contributed by atoms with Gasteiger partial charge in [-0.05, 0) is 34.5 Å². The molecule has 1 aliphatic rings. The lowest BCUT2D eigenvalue weighted by Crippen LogP contribution is -2.53. The van der Waals surface area contributed by atoms with Crippen LogP contribution in [0.3, 0.4) is 0 Å². The number of carbonyl (C=O) groups is 1. The van der Waals surface area contributed by atoms with Gasteiger partial charge in [0.1, 0.15) is 0 Å². The summed E-state index contributed by atoms with van der Waals surface area (Å²) in [5, 5.41) is 9.07. The highest BCUT2D eigenvalue weighted by Gasteiger charge is 2.30. The minimum Gasteiger partial charge on any atom is -0.389 e. The van der Waals surface area contributed by atoms with E-state index in [1.165, 1.54) is 11.3 Å². The van der Waals surface area contributed by atoms with Gasteiger partial charge in [-0.1, -0.05) is 0 Å². The van der Waals surface area contributed by atoms with Gasteiger partial charge in [-0.15, -0.1) is 11.3 Å². The van der Waals surface area contributed by atoms with Crippen LogP contribution in [0.2, 0.25) is 0 Å². The maximum atomic E-state index is 11.7. The maximum Gasteiger partial charge on any atom is 0.264 e. The Kier molecular flexibility index (Phi) is 2.64. The third-order valence-corrected chi connectivity index (χ3v) is 4.34. The van der Waals surface area contributed by atoms with Crippen LogP contribution < -0.4 is 0 Å². The summed E-state index contributed by atoms with van der Waals surface area (Å²) in [7, 11) is 0. The summed E-state index contributed by atoms with van der Waals surface area (Å²) in [6, 6.07) is 1.88. The van der Waals surface area contributed by atoms with Crippen molar-refractivity contribution in [3.8, 4) is 0 Å². The van der Waals surface area contributed by atoms with Crippen LogP contribution in [0.25, 0.3) is 0 Å².